The van der Waals surface area contributed by atoms with Gasteiger partial charge in [-0.05, 0) is 18.6 Å². The zero-order valence-electron chi connectivity index (χ0n) is 13.0. The van der Waals surface area contributed by atoms with Crippen LogP contribution in [0.2, 0.25) is 0 Å². The molecule has 0 saturated carbocycles. The fourth-order valence-corrected chi connectivity index (χ4v) is 3.39. The molecular weight excluding hydrogens is 334 g/mol. The van der Waals surface area contributed by atoms with Gasteiger partial charge in [0.2, 0.25) is 0 Å². The Morgan fingerprint density at radius 1 is 1.28 bits per heavy atom. The van der Waals surface area contributed by atoms with Gasteiger partial charge in [0, 0.05) is 6.07 Å². The molecule has 1 fully saturated rings. The molecule has 0 amide bonds. The smallest absolute Gasteiger partial charge is 0.311 e. The van der Waals surface area contributed by atoms with Crippen molar-refractivity contribution in [3.05, 3.63) is 50.6 Å². The molecule has 0 aromatic heterocycles. The SMILES string of the molecule is COC(=O)C1CC2C(=O)C=CC1N2c1ccc([N+](=O)[O-])cc1[N+](=O)[O-]. The van der Waals surface area contributed by atoms with E-state index >= 15 is 0 Å². The normalized spacial score (nSPS) is 24.3. The molecule has 3 atom stereocenters. The molecule has 1 aromatic carbocycles. The fraction of sp³-hybridized carbons (Fsp3) is 0.333. The van der Waals surface area contributed by atoms with Crippen molar-refractivity contribution in [1.29, 1.82) is 0 Å². The number of carbonyl (C=O) groups excluding carboxylic acids is 2. The molecule has 0 radical (unpaired) electrons. The number of ketones is 1. The average molecular weight is 347 g/mol. The first-order chi connectivity index (χ1) is 11.8. The van der Waals surface area contributed by atoms with Crippen LogP contribution in [0.4, 0.5) is 17.1 Å². The van der Waals surface area contributed by atoms with Crippen LogP contribution in [0.1, 0.15) is 6.42 Å². The average Bonchev–Trinajstić information content (AvgIpc) is 2.88. The molecule has 10 nitrogen and oxygen atoms in total. The number of anilines is 1. The number of esters is 1. The van der Waals surface area contributed by atoms with E-state index < -0.39 is 45.2 Å². The van der Waals surface area contributed by atoms with E-state index in [1.165, 1.54) is 30.2 Å². The van der Waals surface area contributed by atoms with E-state index in [4.69, 9.17) is 4.74 Å². The second kappa shape index (κ2) is 5.96. The van der Waals surface area contributed by atoms with Crippen LogP contribution in [0.3, 0.4) is 0 Å². The number of hydrogen-bond donors (Lipinski definition) is 0. The maximum Gasteiger partial charge on any atom is 0.311 e. The van der Waals surface area contributed by atoms with Crippen molar-refractivity contribution >= 4 is 28.8 Å². The Morgan fingerprint density at radius 3 is 2.60 bits per heavy atom. The van der Waals surface area contributed by atoms with Gasteiger partial charge >= 0.3 is 5.97 Å². The number of nitrogens with zero attached hydrogens (tertiary/aromatic N) is 3. The third kappa shape index (κ3) is 2.61. The second-order valence-electron chi connectivity index (χ2n) is 5.73. The van der Waals surface area contributed by atoms with Crippen molar-refractivity contribution in [3.63, 3.8) is 0 Å². The predicted octanol–water partition coefficient (Wildman–Crippen LogP) is 1.38. The zero-order valence-corrected chi connectivity index (χ0v) is 13.0. The van der Waals surface area contributed by atoms with E-state index in [9.17, 15) is 29.8 Å². The van der Waals surface area contributed by atoms with Crippen molar-refractivity contribution in [2.45, 2.75) is 18.5 Å². The van der Waals surface area contributed by atoms with Crippen LogP contribution < -0.4 is 4.90 Å². The topological polar surface area (TPSA) is 133 Å². The predicted molar refractivity (Wildman–Crippen MR) is 84.1 cm³/mol. The Morgan fingerprint density at radius 2 is 2.00 bits per heavy atom. The number of hydrogen-bond acceptors (Lipinski definition) is 8. The van der Waals surface area contributed by atoms with Gasteiger partial charge in [0.05, 0.1) is 41.0 Å². The minimum Gasteiger partial charge on any atom is -0.469 e. The van der Waals surface area contributed by atoms with E-state index in [0.717, 1.165) is 12.1 Å². The summed E-state index contributed by atoms with van der Waals surface area (Å²) in [5.74, 6) is -1.44. The van der Waals surface area contributed by atoms with E-state index in [2.05, 4.69) is 0 Å². The van der Waals surface area contributed by atoms with Gasteiger partial charge in [-0.3, -0.25) is 29.8 Å². The number of rotatable bonds is 4. The highest BCUT2D eigenvalue weighted by molar-refractivity contribution is 6.01. The molecule has 3 unspecified atom stereocenters. The van der Waals surface area contributed by atoms with Gasteiger partial charge in [0.25, 0.3) is 11.4 Å². The molecule has 25 heavy (non-hydrogen) atoms. The van der Waals surface area contributed by atoms with Crippen LogP contribution in [-0.4, -0.2) is 40.8 Å². The quantitative estimate of drug-likeness (QED) is 0.453. The number of benzene rings is 1. The molecule has 0 N–H and O–H groups in total. The van der Waals surface area contributed by atoms with E-state index in [-0.39, 0.29) is 17.9 Å². The van der Waals surface area contributed by atoms with Crippen LogP contribution in [0.5, 0.6) is 0 Å². The molecule has 130 valence electrons. The summed E-state index contributed by atoms with van der Waals surface area (Å²) in [6, 6.07) is 1.89. The third-order valence-corrected chi connectivity index (χ3v) is 4.48. The summed E-state index contributed by atoms with van der Waals surface area (Å²) in [6.45, 7) is 0. The zero-order chi connectivity index (χ0) is 18.3. The Hall–Kier alpha value is -3.30. The Labute approximate surface area is 141 Å². The maximum absolute atomic E-state index is 12.2. The first kappa shape index (κ1) is 16.6. The van der Waals surface area contributed by atoms with Crippen LogP contribution in [0.25, 0.3) is 0 Å². The fourth-order valence-electron chi connectivity index (χ4n) is 3.39. The number of nitro benzene ring substituents is 2. The molecular formula is C15H13N3O7. The molecule has 2 heterocycles. The number of carbonyl (C=O) groups is 2. The molecule has 1 aromatic rings. The molecule has 3 rings (SSSR count). The summed E-state index contributed by atoms with van der Waals surface area (Å²) in [5.41, 5.74) is -0.848. The Kier molecular flexibility index (Phi) is 3.95. The lowest BCUT2D eigenvalue weighted by atomic mass is 10.0. The highest BCUT2D eigenvalue weighted by Gasteiger charge is 2.50. The molecule has 2 aliphatic heterocycles. The number of methoxy groups -OCH3 is 1. The minimum absolute atomic E-state index is 0.0645. The maximum atomic E-state index is 12.2. The Bertz CT molecular complexity index is 819. The summed E-state index contributed by atoms with van der Waals surface area (Å²) in [7, 11) is 1.23. The van der Waals surface area contributed by atoms with Crippen LogP contribution in [-0.2, 0) is 14.3 Å². The molecule has 2 bridgehead atoms. The molecule has 1 saturated heterocycles. The summed E-state index contributed by atoms with van der Waals surface area (Å²) in [6.07, 6.45) is 3.03. The van der Waals surface area contributed by atoms with Crippen molar-refractivity contribution in [1.82, 2.24) is 0 Å². The molecule has 10 heteroatoms. The van der Waals surface area contributed by atoms with E-state index in [1.807, 2.05) is 0 Å². The number of non-ortho nitro benzene ring substituents is 1. The van der Waals surface area contributed by atoms with Gasteiger partial charge in [-0.2, -0.15) is 0 Å². The molecule has 0 aliphatic carbocycles. The van der Waals surface area contributed by atoms with Gasteiger partial charge in [0.15, 0.2) is 5.78 Å². The highest BCUT2D eigenvalue weighted by atomic mass is 16.6. The monoisotopic (exact) mass is 347 g/mol. The number of fused-ring (bicyclic) bond motifs is 2. The standard InChI is InChI=1S/C15H13N3O7/c1-25-15(20)9-7-13-14(19)5-4-10(9)16(13)11-3-2-8(17(21)22)6-12(11)18(23)24/h2-6,9-10,13H,7H2,1H3. The van der Waals surface area contributed by atoms with E-state index in [1.54, 1.807) is 0 Å². The van der Waals surface area contributed by atoms with Crippen molar-refractivity contribution in [2.75, 3.05) is 12.0 Å². The van der Waals surface area contributed by atoms with Gasteiger partial charge in [0.1, 0.15) is 5.69 Å². The third-order valence-electron chi connectivity index (χ3n) is 4.48. The highest BCUT2D eigenvalue weighted by Crippen LogP contribution is 2.43. The van der Waals surface area contributed by atoms with Crippen LogP contribution in [0, 0.1) is 26.1 Å². The summed E-state index contributed by atoms with van der Waals surface area (Å²) < 4.78 is 4.76. The lowest BCUT2D eigenvalue weighted by Crippen LogP contribution is -2.44. The second-order valence-corrected chi connectivity index (χ2v) is 5.73. The van der Waals surface area contributed by atoms with Crippen LogP contribution in [0.15, 0.2) is 30.4 Å². The van der Waals surface area contributed by atoms with Crippen molar-refractivity contribution in [2.24, 2.45) is 5.92 Å². The lowest BCUT2D eigenvalue weighted by molar-refractivity contribution is -0.393. The van der Waals surface area contributed by atoms with Crippen molar-refractivity contribution in [3.8, 4) is 0 Å². The molecule has 0 spiro atoms. The minimum atomic E-state index is -0.751. The summed E-state index contributed by atoms with van der Waals surface area (Å²) in [4.78, 5) is 46.4. The van der Waals surface area contributed by atoms with Gasteiger partial charge in [-0.1, -0.05) is 6.08 Å². The largest absolute Gasteiger partial charge is 0.469 e. The Balaban J connectivity index is 2.11. The van der Waals surface area contributed by atoms with Crippen LogP contribution >= 0.6 is 0 Å². The summed E-state index contributed by atoms with van der Waals surface area (Å²) in [5, 5.41) is 22.3. The molecule has 2 aliphatic rings. The number of ether oxygens (including phenoxy) is 1. The first-order valence-corrected chi connectivity index (χ1v) is 7.36. The summed E-state index contributed by atoms with van der Waals surface area (Å²) >= 11 is 0. The first-order valence-electron chi connectivity index (χ1n) is 7.36. The van der Waals surface area contributed by atoms with Gasteiger partial charge in [-0.25, -0.2) is 0 Å². The van der Waals surface area contributed by atoms with Gasteiger partial charge in [-0.15, -0.1) is 0 Å². The van der Waals surface area contributed by atoms with Gasteiger partial charge < -0.3 is 9.64 Å². The lowest BCUT2D eigenvalue weighted by Gasteiger charge is -2.32. The van der Waals surface area contributed by atoms with Crippen molar-refractivity contribution < 1.29 is 24.2 Å². The number of nitro groups is 2. The van der Waals surface area contributed by atoms with E-state index in [0.29, 0.717) is 0 Å².